The van der Waals surface area contributed by atoms with E-state index in [9.17, 15) is 14.4 Å². The maximum absolute atomic E-state index is 13.3. The summed E-state index contributed by atoms with van der Waals surface area (Å²) in [7, 11) is 0. The fourth-order valence-electron chi connectivity index (χ4n) is 3.99. The number of carbonyl (C=O) groups excluding carboxylic acids is 3. The molecule has 1 atom stereocenters. The van der Waals surface area contributed by atoms with Crippen LogP contribution in [0.5, 0.6) is 0 Å². The average Bonchev–Trinajstić information content (AvgIpc) is 2.97. The summed E-state index contributed by atoms with van der Waals surface area (Å²) in [6, 6.07) is 26.6. The summed E-state index contributed by atoms with van der Waals surface area (Å²) in [5, 5.41) is 8.72. The number of nitrogens with one attached hydrogen (secondary N) is 3. The maximum atomic E-state index is 13.3. The lowest BCUT2D eigenvalue weighted by atomic mass is 10.1. The Balaban J connectivity index is 1.45. The number of halogens is 2. The summed E-state index contributed by atoms with van der Waals surface area (Å²) >= 11 is 13.9. The molecule has 0 saturated carbocycles. The van der Waals surface area contributed by atoms with Gasteiger partial charge in [-0.15, -0.1) is 11.8 Å². The number of aryl methyl sites for hydroxylation is 2. The lowest BCUT2D eigenvalue weighted by molar-refractivity contribution is -0.115. The lowest BCUT2D eigenvalue weighted by Crippen LogP contribution is -2.30. The summed E-state index contributed by atoms with van der Waals surface area (Å²) in [4.78, 5) is 39.8. The van der Waals surface area contributed by atoms with Gasteiger partial charge in [0.1, 0.15) is 5.70 Å². The van der Waals surface area contributed by atoms with Crippen LogP contribution in [0, 0.1) is 13.8 Å². The third-order valence-electron chi connectivity index (χ3n) is 6.24. The molecule has 0 aliphatic rings. The number of rotatable bonds is 9. The fourth-order valence-corrected chi connectivity index (χ4v) is 5.22. The van der Waals surface area contributed by atoms with E-state index in [0.29, 0.717) is 21.8 Å². The van der Waals surface area contributed by atoms with Crippen molar-refractivity contribution in [3.8, 4) is 0 Å². The van der Waals surface area contributed by atoms with Crippen LogP contribution in [0.1, 0.15) is 34.0 Å². The summed E-state index contributed by atoms with van der Waals surface area (Å²) in [5.41, 5.74) is 4.30. The van der Waals surface area contributed by atoms with E-state index in [1.165, 1.54) is 17.8 Å². The van der Waals surface area contributed by atoms with Crippen LogP contribution in [0.25, 0.3) is 6.08 Å². The first-order valence-electron chi connectivity index (χ1n) is 13.1. The van der Waals surface area contributed by atoms with E-state index in [4.69, 9.17) is 23.2 Å². The molecule has 0 aromatic heterocycles. The normalized spacial score (nSPS) is 11.9. The topological polar surface area (TPSA) is 87.3 Å². The molecule has 214 valence electrons. The van der Waals surface area contributed by atoms with Gasteiger partial charge in [0, 0.05) is 21.8 Å². The molecule has 3 N–H and O–H groups in total. The molecule has 0 fully saturated rings. The number of hydrogen-bond donors (Lipinski definition) is 3. The summed E-state index contributed by atoms with van der Waals surface area (Å²) in [6.45, 7) is 5.81. The van der Waals surface area contributed by atoms with Gasteiger partial charge in [0.2, 0.25) is 5.91 Å². The van der Waals surface area contributed by atoms with Crippen molar-refractivity contribution in [2.24, 2.45) is 0 Å². The summed E-state index contributed by atoms with van der Waals surface area (Å²) < 4.78 is 0. The Kier molecular flexibility index (Phi) is 10.5. The van der Waals surface area contributed by atoms with Crippen LogP contribution in [-0.4, -0.2) is 23.0 Å². The molecular weight excluding hydrogens is 589 g/mol. The molecule has 0 saturated heterocycles. The van der Waals surface area contributed by atoms with Gasteiger partial charge in [-0.25, -0.2) is 0 Å². The largest absolute Gasteiger partial charge is 0.325 e. The van der Waals surface area contributed by atoms with Gasteiger partial charge in [-0.05, 0) is 86.5 Å². The minimum atomic E-state index is -0.545. The Labute approximate surface area is 259 Å². The van der Waals surface area contributed by atoms with Crippen LogP contribution in [0.4, 0.5) is 11.4 Å². The minimum absolute atomic E-state index is 0.0110. The molecule has 0 aliphatic carbocycles. The molecule has 1 unspecified atom stereocenters. The van der Waals surface area contributed by atoms with E-state index in [1.54, 1.807) is 60.7 Å². The lowest BCUT2D eigenvalue weighted by Gasteiger charge is -2.15. The molecule has 0 heterocycles. The van der Waals surface area contributed by atoms with Gasteiger partial charge in [0.25, 0.3) is 11.8 Å². The molecule has 42 heavy (non-hydrogen) atoms. The van der Waals surface area contributed by atoms with Crippen LogP contribution in [-0.2, 0) is 9.59 Å². The standard InChI is InChI=1S/C33H29Cl2N3O3S/c1-20-12-17-28(21(2)18-20)37-31(39)22(3)42-26-15-13-25(14-16-26)36-33(41)29(19-24-10-7-11-27(34)30(24)35)38-32(40)23-8-5-4-6-9-23/h4-19,22H,1-3H3,(H,36,41)(H,37,39)(H,38,40)/b29-19-. The molecule has 0 bridgehead atoms. The quantitative estimate of drug-likeness (QED) is 0.131. The van der Waals surface area contributed by atoms with E-state index in [-0.39, 0.29) is 21.9 Å². The van der Waals surface area contributed by atoms with Crippen molar-refractivity contribution in [1.82, 2.24) is 5.32 Å². The number of benzene rings is 4. The SMILES string of the molecule is Cc1ccc(NC(=O)C(C)Sc2ccc(NC(=O)/C(=C/c3cccc(Cl)c3Cl)NC(=O)c3ccccc3)cc2)c(C)c1. The molecule has 0 spiro atoms. The van der Waals surface area contributed by atoms with Gasteiger partial charge < -0.3 is 16.0 Å². The Morgan fingerprint density at radius 1 is 0.833 bits per heavy atom. The molecule has 6 nitrogen and oxygen atoms in total. The predicted molar refractivity (Wildman–Crippen MR) is 173 cm³/mol. The number of carbonyl (C=O) groups is 3. The fraction of sp³-hybridized carbons (Fsp3) is 0.121. The second kappa shape index (κ2) is 14.2. The molecule has 4 aromatic carbocycles. The van der Waals surface area contributed by atoms with E-state index in [0.717, 1.165) is 21.7 Å². The van der Waals surface area contributed by atoms with E-state index in [2.05, 4.69) is 16.0 Å². The van der Waals surface area contributed by atoms with Crippen molar-refractivity contribution in [3.63, 3.8) is 0 Å². The van der Waals surface area contributed by atoms with Gasteiger partial charge in [-0.2, -0.15) is 0 Å². The van der Waals surface area contributed by atoms with Crippen molar-refractivity contribution in [2.45, 2.75) is 30.9 Å². The number of thioether (sulfide) groups is 1. The monoisotopic (exact) mass is 617 g/mol. The zero-order valence-corrected chi connectivity index (χ0v) is 25.5. The zero-order valence-electron chi connectivity index (χ0n) is 23.2. The van der Waals surface area contributed by atoms with E-state index >= 15 is 0 Å². The Hall–Kier alpha value is -4.04. The van der Waals surface area contributed by atoms with Gasteiger partial charge in [-0.1, -0.05) is 71.2 Å². The minimum Gasteiger partial charge on any atom is -0.325 e. The molecule has 4 rings (SSSR count). The van der Waals surface area contributed by atoms with E-state index < -0.39 is 11.8 Å². The van der Waals surface area contributed by atoms with Crippen molar-refractivity contribution >= 4 is 70.1 Å². The molecular formula is C33H29Cl2N3O3S. The van der Waals surface area contributed by atoms with Crippen molar-refractivity contribution in [2.75, 3.05) is 10.6 Å². The molecule has 9 heteroatoms. The highest BCUT2D eigenvalue weighted by Gasteiger charge is 2.18. The first kappa shape index (κ1) is 30.9. The van der Waals surface area contributed by atoms with Crippen molar-refractivity contribution in [3.05, 3.63) is 129 Å². The molecule has 3 amide bonds. The summed E-state index contributed by atoms with van der Waals surface area (Å²) in [6.07, 6.45) is 1.48. The number of hydrogen-bond acceptors (Lipinski definition) is 4. The first-order chi connectivity index (χ1) is 20.1. The van der Waals surface area contributed by atoms with Gasteiger partial charge >= 0.3 is 0 Å². The number of anilines is 2. The van der Waals surface area contributed by atoms with Crippen LogP contribution >= 0.6 is 35.0 Å². The third kappa shape index (κ3) is 8.26. The van der Waals surface area contributed by atoms with Crippen LogP contribution in [0.2, 0.25) is 10.0 Å². The van der Waals surface area contributed by atoms with E-state index in [1.807, 2.05) is 51.1 Å². The third-order valence-corrected chi connectivity index (χ3v) is 8.19. The molecule has 0 radical (unpaired) electrons. The highest BCUT2D eigenvalue weighted by molar-refractivity contribution is 8.00. The second-order valence-electron chi connectivity index (χ2n) is 9.57. The van der Waals surface area contributed by atoms with Crippen LogP contribution in [0.15, 0.2) is 102 Å². The second-order valence-corrected chi connectivity index (χ2v) is 11.8. The molecule has 0 aliphatic heterocycles. The summed E-state index contributed by atoms with van der Waals surface area (Å²) in [5.74, 6) is -1.10. The average molecular weight is 619 g/mol. The Morgan fingerprint density at radius 2 is 1.55 bits per heavy atom. The first-order valence-corrected chi connectivity index (χ1v) is 14.7. The van der Waals surface area contributed by atoms with Crippen LogP contribution < -0.4 is 16.0 Å². The highest BCUT2D eigenvalue weighted by atomic mass is 35.5. The maximum Gasteiger partial charge on any atom is 0.272 e. The predicted octanol–water partition coefficient (Wildman–Crippen LogP) is 8.14. The van der Waals surface area contributed by atoms with Crippen molar-refractivity contribution < 1.29 is 14.4 Å². The van der Waals surface area contributed by atoms with Crippen LogP contribution in [0.3, 0.4) is 0 Å². The molecule has 4 aromatic rings. The van der Waals surface area contributed by atoms with Gasteiger partial charge in [-0.3, -0.25) is 14.4 Å². The van der Waals surface area contributed by atoms with Gasteiger partial charge in [0.05, 0.1) is 15.3 Å². The Bertz CT molecular complexity index is 1640. The Morgan fingerprint density at radius 3 is 2.24 bits per heavy atom. The highest BCUT2D eigenvalue weighted by Crippen LogP contribution is 2.28. The van der Waals surface area contributed by atoms with Gasteiger partial charge in [0.15, 0.2) is 0 Å². The van der Waals surface area contributed by atoms with Crippen molar-refractivity contribution in [1.29, 1.82) is 0 Å². The smallest absolute Gasteiger partial charge is 0.272 e. The number of amides is 3. The zero-order chi connectivity index (χ0) is 30.2.